The first-order valence-electron chi connectivity index (χ1n) is 6.31. The summed E-state index contributed by atoms with van der Waals surface area (Å²) in [6, 6.07) is 10.1. The van der Waals surface area contributed by atoms with Crippen LogP contribution in [0.1, 0.15) is 37.5 Å². The highest BCUT2D eigenvalue weighted by Crippen LogP contribution is 2.24. The Hall–Kier alpha value is -0.670. The van der Waals surface area contributed by atoms with E-state index in [1.165, 1.54) is 0 Å². The molecule has 0 saturated heterocycles. The minimum Gasteiger partial charge on any atom is -0.330 e. The summed E-state index contributed by atoms with van der Waals surface area (Å²) in [6.07, 6.45) is 1.88. The Morgan fingerprint density at radius 3 is 2.47 bits per heavy atom. The van der Waals surface area contributed by atoms with Gasteiger partial charge < -0.3 is 5.73 Å². The van der Waals surface area contributed by atoms with Crippen LogP contribution in [0.25, 0.3) is 0 Å². The SMILES string of the molecule is CCC(C)CS(=O)C(CCN)c1ccccc1. The van der Waals surface area contributed by atoms with Crippen molar-refractivity contribution in [1.82, 2.24) is 0 Å². The average molecular weight is 253 g/mol. The van der Waals surface area contributed by atoms with Crippen LogP contribution < -0.4 is 5.73 Å². The summed E-state index contributed by atoms with van der Waals surface area (Å²) < 4.78 is 12.4. The molecule has 0 saturated carbocycles. The lowest BCUT2D eigenvalue weighted by Gasteiger charge is -2.18. The lowest BCUT2D eigenvalue weighted by atomic mass is 10.1. The molecule has 2 N–H and O–H groups in total. The van der Waals surface area contributed by atoms with Crippen LogP contribution in [0.15, 0.2) is 30.3 Å². The molecule has 17 heavy (non-hydrogen) atoms. The van der Waals surface area contributed by atoms with E-state index in [9.17, 15) is 4.21 Å². The smallest absolute Gasteiger partial charge is 0.0609 e. The summed E-state index contributed by atoms with van der Waals surface area (Å²) in [5, 5.41) is 0.0928. The van der Waals surface area contributed by atoms with Crippen molar-refractivity contribution in [3.05, 3.63) is 35.9 Å². The van der Waals surface area contributed by atoms with Gasteiger partial charge in [-0.05, 0) is 24.4 Å². The van der Waals surface area contributed by atoms with E-state index in [2.05, 4.69) is 26.0 Å². The number of rotatable bonds is 7. The standard InChI is InChI=1S/C14H23NOS/c1-3-12(2)11-17(16)14(9-10-15)13-7-5-4-6-8-13/h4-8,12,14H,3,9-11,15H2,1-2H3. The van der Waals surface area contributed by atoms with Crippen LogP contribution in [0.4, 0.5) is 0 Å². The summed E-state index contributed by atoms with van der Waals surface area (Å²) in [7, 11) is -0.819. The lowest BCUT2D eigenvalue weighted by molar-refractivity contribution is 0.606. The maximum atomic E-state index is 12.4. The van der Waals surface area contributed by atoms with Gasteiger partial charge in [0.1, 0.15) is 0 Å². The molecule has 2 nitrogen and oxygen atoms in total. The molecule has 1 rings (SSSR count). The van der Waals surface area contributed by atoms with E-state index in [0.29, 0.717) is 12.5 Å². The molecule has 0 aromatic heterocycles. The molecule has 0 radical (unpaired) electrons. The predicted octanol–water partition coefficient (Wildman–Crippen LogP) is 2.87. The van der Waals surface area contributed by atoms with Gasteiger partial charge in [0.05, 0.1) is 5.25 Å². The van der Waals surface area contributed by atoms with Crippen molar-refractivity contribution in [2.45, 2.75) is 31.9 Å². The summed E-state index contributed by atoms with van der Waals surface area (Å²) in [5.41, 5.74) is 6.79. The highest BCUT2D eigenvalue weighted by atomic mass is 32.2. The maximum Gasteiger partial charge on any atom is 0.0609 e. The Labute approximate surface area is 107 Å². The first-order valence-corrected chi connectivity index (χ1v) is 7.69. The summed E-state index contributed by atoms with van der Waals surface area (Å²) in [5.74, 6) is 1.29. The topological polar surface area (TPSA) is 43.1 Å². The minimum absolute atomic E-state index is 0.0928. The van der Waals surface area contributed by atoms with Crippen LogP contribution in [-0.4, -0.2) is 16.5 Å². The van der Waals surface area contributed by atoms with Crippen molar-refractivity contribution in [2.24, 2.45) is 11.7 Å². The Bertz CT molecular complexity index is 339. The summed E-state index contributed by atoms with van der Waals surface area (Å²) >= 11 is 0. The Morgan fingerprint density at radius 1 is 1.29 bits per heavy atom. The van der Waals surface area contributed by atoms with Crippen molar-refractivity contribution >= 4 is 10.8 Å². The summed E-state index contributed by atoms with van der Waals surface area (Å²) in [6.45, 7) is 4.89. The second-order valence-electron chi connectivity index (χ2n) is 4.54. The third kappa shape index (κ3) is 4.60. The van der Waals surface area contributed by atoms with E-state index in [0.717, 1.165) is 24.2 Å². The van der Waals surface area contributed by atoms with Gasteiger partial charge in [0.15, 0.2) is 0 Å². The largest absolute Gasteiger partial charge is 0.330 e. The van der Waals surface area contributed by atoms with Gasteiger partial charge in [-0.1, -0.05) is 50.6 Å². The van der Waals surface area contributed by atoms with Crippen molar-refractivity contribution in [1.29, 1.82) is 0 Å². The van der Waals surface area contributed by atoms with Crippen molar-refractivity contribution in [3.63, 3.8) is 0 Å². The van der Waals surface area contributed by atoms with E-state index < -0.39 is 10.8 Å². The van der Waals surface area contributed by atoms with Crippen LogP contribution in [0, 0.1) is 5.92 Å². The highest BCUT2D eigenvalue weighted by Gasteiger charge is 2.19. The maximum absolute atomic E-state index is 12.4. The first kappa shape index (κ1) is 14.4. The third-order valence-electron chi connectivity index (χ3n) is 3.06. The second kappa shape index (κ2) is 7.62. The Morgan fingerprint density at radius 2 is 1.94 bits per heavy atom. The fourth-order valence-corrected chi connectivity index (χ4v) is 3.67. The van der Waals surface area contributed by atoms with E-state index in [1.807, 2.05) is 18.2 Å². The molecule has 3 unspecified atom stereocenters. The molecule has 0 aliphatic rings. The predicted molar refractivity (Wildman–Crippen MR) is 75.3 cm³/mol. The number of hydrogen-bond donors (Lipinski definition) is 1. The molecular formula is C14H23NOS. The molecule has 1 aromatic rings. The van der Waals surface area contributed by atoms with Gasteiger partial charge >= 0.3 is 0 Å². The number of nitrogens with two attached hydrogens (primary N) is 1. The minimum atomic E-state index is -0.819. The quantitative estimate of drug-likeness (QED) is 0.812. The van der Waals surface area contributed by atoms with Crippen LogP contribution in [0.2, 0.25) is 0 Å². The van der Waals surface area contributed by atoms with Gasteiger partial charge in [-0.15, -0.1) is 0 Å². The van der Waals surface area contributed by atoms with Gasteiger partial charge in [-0.25, -0.2) is 0 Å². The molecule has 0 heterocycles. The molecule has 0 bridgehead atoms. The lowest BCUT2D eigenvalue weighted by Crippen LogP contribution is -2.17. The molecule has 3 heteroatoms. The average Bonchev–Trinajstić information content (AvgIpc) is 2.36. The van der Waals surface area contributed by atoms with Crippen molar-refractivity contribution in [3.8, 4) is 0 Å². The molecule has 0 spiro atoms. The molecule has 1 aromatic carbocycles. The normalized spacial score (nSPS) is 16.4. The third-order valence-corrected chi connectivity index (χ3v) is 5.10. The van der Waals surface area contributed by atoms with E-state index in [1.54, 1.807) is 0 Å². The zero-order chi connectivity index (χ0) is 12.7. The number of hydrogen-bond acceptors (Lipinski definition) is 2. The molecule has 0 aliphatic heterocycles. The van der Waals surface area contributed by atoms with Gasteiger partial charge in [-0.3, -0.25) is 4.21 Å². The van der Waals surface area contributed by atoms with Crippen molar-refractivity contribution < 1.29 is 4.21 Å². The van der Waals surface area contributed by atoms with Crippen LogP contribution >= 0.6 is 0 Å². The monoisotopic (exact) mass is 253 g/mol. The number of benzene rings is 1. The molecule has 0 amide bonds. The fraction of sp³-hybridized carbons (Fsp3) is 0.571. The van der Waals surface area contributed by atoms with Gasteiger partial charge in [-0.2, -0.15) is 0 Å². The molecular weight excluding hydrogens is 230 g/mol. The molecule has 3 atom stereocenters. The van der Waals surface area contributed by atoms with E-state index >= 15 is 0 Å². The van der Waals surface area contributed by atoms with Crippen LogP contribution in [0.3, 0.4) is 0 Å². The van der Waals surface area contributed by atoms with Gasteiger partial charge in [0.2, 0.25) is 0 Å². The first-order chi connectivity index (χ1) is 8.19. The van der Waals surface area contributed by atoms with Crippen LogP contribution in [-0.2, 0) is 10.8 Å². The molecule has 96 valence electrons. The van der Waals surface area contributed by atoms with Crippen molar-refractivity contribution in [2.75, 3.05) is 12.3 Å². The summed E-state index contributed by atoms with van der Waals surface area (Å²) in [4.78, 5) is 0. The zero-order valence-corrected chi connectivity index (χ0v) is 11.6. The Balaban J connectivity index is 2.75. The molecule has 0 fully saturated rings. The fourth-order valence-electron chi connectivity index (χ4n) is 1.78. The van der Waals surface area contributed by atoms with Gasteiger partial charge in [0, 0.05) is 16.6 Å². The van der Waals surface area contributed by atoms with E-state index in [-0.39, 0.29) is 5.25 Å². The van der Waals surface area contributed by atoms with E-state index in [4.69, 9.17) is 5.73 Å². The highest BCUT2D eigenvalue weighted by molar-refractivity contribution is 7.85. The van der Waals surface area contributed by atoms with Gasteiger partial charge in [0.25, 0.3) is 0 Å². The van der Waals surface area contributed by atoms with Crippen LogP contribution in [0.5, 0.6) is 0 Å². The zero-order valence-electron chi connectivity index (χ0n) is 10.8. The molecule has 0 aliphatic carbocycles. The second-order valence-corrected chi connectivity index (χ2v) is 6.20. The Kier molecular flexibility index (Phi) is 6.45.